The van der Waals surface area contributed by atoms with Gasteiger partial charge < -0.3 is 5.32 Å². The van der Waals surface area contributed by atoms with Gasteiger partial charge in [-0.25, -0.2) is 4.39 Å². The summed E-state index contributed by atoms with van der Waals surface area (Å²) < 4.78 is 51.0. The molecule has 0 saturated heterocycles. The van der Waals surface area contributed by atoms with E-state index in [9.17, 15) is 22.4 Å². The van der Waals surface area contributed by atoms with Crippen LogP contribution in [0.4, 0.5) is 23.2 Å². The van der Waals surface area contributed by atoms with Gasteiger partial charge in [0.1, 0.15) is 5.82 Å². The highest BCUT2D eigenvalue weighted by molar-refractivity contribution is 5.91. The van der Waals surface area contributed by atoms with Crippen LogP contribution in [0.1, 0.15) is 38.7 Å². The predicted molar refractivity (Wildman–Crippen MR) is 68.7 cm³/mol. The predicted octanol–water partition coefficient (Wildman–Crippen LogP) is 4.61. The van der Waals surface area contributed by atoms with Crippen molar-refractivity contribution in [1.29, 1.82) is 0 Å². The van der Waals surface area contributed by atoms with Gasteiger partial charge in [-0.15, -0.1) is 0 Å². The third-order valence-electron chi connectivity index (χ3n) is 2.88. The van der Waals surface area contributed by atoms with Crippen LogP contribution in [-0.2, 0) is 11.0 Å². The van der Waals surface area contributed by atoms with E-state index in [0.717, 1.165) is 12.8 Å². The number of rotatable bonds is 5. The SMILES string of the molecule is CCCC(C)CC(=O)Nc1cc(C(F)(F)F)ccc1F. The number of benzene rings is 1. The van der Waals surface area contributed by atoms with Gasteiger partial charge in [0.15, 0.2) is 0 Å². The number of hydrogen-bond acceptors (Lipinski definition) is 1. The van der Waals surface area contributed by atoms with Crippen LogP contribution in [0.3, 0.4) is 0 Å². The van der Waals surface area contributed by atoms with Crippen LogP contribution >= 0.6 is 0 Å². The highest BCUT2D eigenvalue weighted by Crippen LogP contribution is 2.31. The second kappa shape index (κ2) is 6.72. The lowest BCUT2D eigenvalue weighted by Crippen LogP contribution is -2.17. The first-order valence-corrected chi connectivity index (χ1v) is 6.40. The lowest BCUT2D eigenvalue weighted by Gasteiger charge is -2.13. The number of anilines is 1. The Kier molecular flexibility index (Phi) is 5.53. The lowest BCUT2D eigenvalue weighted by atomic mass is 10.0. The van der Waals surface area contributed by atoms with Crippen molar-refractivity contribution >= 4 is 11.6 Å². The van der Waals surface area contributed by atoms with E-state index in [1.165, 1.54) is 0 Å². The van der Waals surface area contributed by atoms with Gasteiger partial charge in [0, 0.05) is 6.42 Å². The molecular formula is C14H17F4NO. The molecule has 0 aliphatic rings. The first-order chi connectivity index (χ1) is 9.24. The number of nitrogens with one attached hydrogen (secondary N) is 1. The minimum atomic E-state index is -4.57. The summed E-state index contributed by atoms with van der Waals surface area (Å²) in [6.45, 7) is 3.84. The third kappa shape index (κ3) is 4.83. The van der Waals surface area contributed by atoms with Crippen LogP contribution in [0.25, 0.3) is 0 Å². The summed E-state index contributed by atoms with van der Waals surface area (Å²) in [7, 11) is 0. The molecule has 1 aromatic rings. The van der Waals surface area contributed by atoms with E-state index in [0.29, 0.717) is 18.2 Å². The van der Waals surface area contributed by atoms with E-state index >= 15 is 0 Å². The van der Waals surface area contributed by atoms with Crippen LogP contribution in [0, 0.1) is 11.7 Å². The van der Waals surface area contributed by atoms with Crippen molar-refractivity contribution in [2.45, 2.75) is 39.3 Å². The van der Waals surface area contributed by atoms with Crippen molar-refractivity contribution in [2.24, 2.45) is 5.92 Å². The zero-order valence-corrected chi connectivity index (χ0v) is 11.4. The minimum Gasteiger partial charge on any atom is -0.324 e. The fourth-order valence-corrected chi connectivity index (χ4v) is 1.91. The first-order valence-electron chi connectivity index (χ1n) is 6.40. The van der Waals surface area contributed by atoms with Crippen LogP contribution in [0.15, 0.2) is 18.2 Å². The molecular weight excluding hydrogens is 274 g/mol. The van der Waals surface area contributed by atoms with Gasteiger partial charge in [0.2, 0.25) is 5.91 Å². The number of alkyl halides is 3. The average Bonchev–Trinajstić information content (AvgIpc) is 2.30. The maximum atomic E-state index is 13.4. The Morgan fingerprint density at radius 3 is 2.55 bits per heavy atom. The Morgan fingerprint density at radius 1 is 1.35 bits per heavy atom. The summed E-state index contributed by atoms with van der Waals surface area (Å²) in [6.07, 6.45) is -2.67. The molecule has 112 valence electrons. The second-order valence-corrected chi connectivity index (χ2v) is 4.84. The van der Waals surface area contributed by atoms with E-state index in [1.807, 2.05) is 13.8 Å². The molecule has 0 heterocycles. The average molecular weight is 291 g/mol. The van der Waals surface area contributed by atoms with Gasteiger partial charge in [-0.2, -0.15) is 13.2 Å². The fraction of sp³-hybridized carbons (Fsp3) is 0.500. The quantitative estimate of drug-likeness (QED) is 0.789. The standard InChI is InChI=1S/C14H17F4NO/c1-3-4-9(2)7-13(20)19-12-8-10(14(16,17)18)5-6-11(12)15/h5-6,8-9H,3-4,7H2,1-2H3,(H,19,20). The molecule has 1 unspecified atom stereocenters. The Labute approximate surface area is 115 Å². The molecule has 6 heteroatoms. The van der Waals surface area contributed by atoms with Crippen LogP contribution in [0.2, 0.25) is 0 Å². The Morgan fingerprint density at radius 2 is 2.00 bits per heavy atom. The summed E-state index contributed by atoms with van der Waals surface area (Å²) in [5.41, 5.74) is -1.43. The molecule has 1 aromatic carbocycles. The van der Waals surface area contributed by atoms with Crippen LogP contribution < -0.4 is 5.32 Å². The summed E-state index contributed by atoms with van der Waals surface area (Å²) >= 11 is 0. The Balaban J connectivity index is 2.79. The van der Waals surface area contributed by atoms with Crippen molar-refractivity contribution in [3.8, 4) is 0 Å². The molecule has 0 fully saturated rings. The molecule has 0 bridgehead atoms. The van der Waals surface area contributed by atoms with Gasteiger partial charge in [0.05, 0.1) is 11.3 Å². The molecule has 0 spiro atoms. The molecule has 1 rings (SSSR count). The van der Waals surface area contributed by atoms with Gasteiger partial charge in [-0.3, -0.25) is 4.79 Å². The van der Waals surface area contributed by atoms with E-state index in [-0.39, 0.29) is 12.3 Å². The molecule has 0 saturated carbocycles. The van der Waals surface area contributed by atoms with Crippen molar-refractivity contribution < 1.29 is 22.4 Å². The maximum Gasteiger partial charge on any atom is 0.416 e. The Hall–Kier alpha value is -1.59. The zero-order valence-electron chi connectivity index (χ0n) is 11.4. The van der Waals surface area contributed by atoms with Crippen molar-refractivity contribution in [3.05, 3.63) is 29.6 Å². The summed E-state index contributed by atoms with van der Waals surface area (Å²) in [4.78, 5) is 11.7. The summed E-state index contributed by atoms with van der Waals surface area (Å²) in [6, 6.07) is 1.95. The van der Waals surface area contributed by atoms with E-state index < -0.39 is 29.2 Å². The highest BCUT2D eigenvalue weighted by Gasteiger charge is 2.31. The van der Waals surface area contributed by atoms with Gasteiger partial charge >= 0.3 is 6.18 Å². The van der Waals surface area contributed by atoms with E-state index in [2.05, 4.69) is 5.32 Å². The van der Waals surface area contributed by atoms with Crippen molar-refractivity contribution in [2.75, 3.05) is 5.32 Å². The lowest BCUT2D eigenvalue weighted by molar-refractivity contribution is -0.137. The molecule has 0 radical (unpaired) electrons. The first kappa shape index (κ1) is 16.5. The van der Waals surface area contributed by atoms with Crippen molar-refractivity contribution in [1.82, 2.24) is 0 Å². The van der Waals surface area contributed by atoms with Gasteiger partial charge in [-0.1, -0.05) is 26.7 Å². The van der Waals surface area contributed by atoms with Gasteiger partial charge in [-0.05, 0) is 24.1 Å². The van der Waals surface area contributed by atoms with E-state index in [1.54, 1.807) is 0 Å². The van der Waals surface area contributed by atoms with Crippen LogP contribution in [-0.4, -0.2) is 5.91 Å². The molecule has 1 amide bonds. The smallest absolute Gasteiger partial charge is 0.324 e. The summed E-state index contributed by atoms with van der Waals surface area (Å²) in [5, 5.41) is 2.20. The molecule has 1 atom stereocenters. The number of halogens is 4. The largest absolute Gasteiger partial charge is 0.416 e. The minimum absolute atomic E-state index is 0.105. The van der Waals surface area contributed by atoms with Gasteiger partial charge in [0.25, 0.3) is 0 Å². The zero-order chi connectivity index (χ0) is 15.3. The fourth-order valence-electron chi connectivity index (χ4n) is 1.91. The second-order valence-electron chi connectivity index (χ2n) is 4.84. The number of hydrogen-bond donors (Lipinski definition) is 1. The molecule has 2 nitrogen and oxygen atoms in total. The topological polar surface area (TPSA) is 29.1 Å². The monoisotopic (exact) mass is 291 g/mol. The summed E-state index contributed by atoms with van der Waals surface area (Å²) in [5.74, 6) is -1.26. The molecule has 0 aliphatic carbocycles. The normalized spacial score (nSPS) is 13.1. The molecule has 20 heavy (non-hydrogen) atoms. The highest BCUT2D eigenvalue weighted by atomic mass is 19.4. The van der Waals surface area contributed by atoms with Crippen LogP contribution in [0.5, 0.6) is 0 Å². The van der Waals surface area contributed by atoms with E-state index in [4.69, 9.17) is 0 Å². The molecule has 0 aromatic heterocycles. The van der Waals surface area contributed by atoms with Crippen molar-refractivity contribution in [3.63, 3.8) is 0 Å². The molecule has 1 N–H and O–H groups in total. The number of carbonyl (C=O) groups excluding carboxylic acids is 1. The molecule has 0 aliphatic heterocycles. The maximum absolute atomic E-state index is 13.4. The Bertz CT molecular complexity index is 471. The number of carbonyl (C=O) groups is 1. The third-order valence-corrected chi connectivity index (χ3v) is 2.88. The number of amides is 1.